The van der Waals surface area contributed by atoms with E-state index in [9.17, 15) is 14.7 Å². The number of aryl methyl sites for hydroxylation is 1. The van der Waals surface area contributed by atoms with Crippen LogP contribution in [-0.2, 0) is 9.59 Å². The van der Waals surface area contributed by atoms with Gasteiger partial charge in [-0.2, -0.15) is 0 Å². The summed E-state index contributed by atoms with van der Waals surface area (Å²) in [5.74, 6) is -1.71. The number of aromatic nitrogens is 1. The number of hydrogen-bond donors (Lipinski definition) is 1. The Morgan fingerprint density at radius 1 is 1.00 bits per heavy atom. The Morgan fingerprint density at radius 3 is 2.55 bits per heavy atom. The molecule has 1 unspecified atom stereocenters. The van der Waals surface area contributed by atoms with Gasteiger partial charge in [0.1, 0.15) is 5.76 Å². The van der Waals surface area contributed by atoms with E-state index in [1.807, 2.05) is 43.3 Å². The zero-order valence-corrected chi connectivity index (χ0v) is 18.5. The highest BCUT2D eigenvalue weighted by atomic mass is 35.5. The van der Waals surface area contributed by atoms with Gasteiger partial charge in [-0.25, -0.2) is 0 Å². The van der Waals surface area contributed by atoms with E-state index < -0.39 is 17.7 Å². The molecule has 1 fully saturated rings. The van der Waals surface area contributed by atoms with Crippen LogP contribution in [-0.4, -0.2) is 21.8 Å². The van der Waals surface area contributed by atoms with Crippen molar-refractivity contribution in [3.63, 3.8) is 0 Å². The number of amides is 1. The van der Waals surface area contributed by atoms with Gasteiger partial charge in [-0.05, 0) is 47.0 Å². The van der Waals surface area contributed by atoms with Gasteiger partial charge < -0.3 is 5.11 Å². The molecule has 1 N–H and O–H groups in total. The van der Waals surface area contributed by atoms with Crippen molar-refractivity contribution in [3.8, 4) is 0 Å². The van der Waals surface area contributed by atoms with E-state index in [0.29, 0.717) is 21.8 Å². The smallest absolute Gasteiger partial charge is 0.300 e. The number of aliphatic hydroxyl groups is 1. The number of halogens is 1. The van der Waals surface area contributed by atoms with Crippen LogP contribution in [0.25, 0.3) is 16.5 Å². The Balaban J connectivity index is 1.77. The summed E-state index contributed by atoms with van der Waals surface area (Å²) in [5, 5.41) is 13.6. The van der Waals surface area contributed by atoms with Crippen molar-refractivity contribution < 1.29 is 14.7 Å². The highest BCUT2D eigenvalue weighted by Gasteiger charge is 2.47. The summed E-state index contributed by atoms with van der Waals surface area (Å²) < 4.78 is 0. The van der Waals surface area contributed by atoms with Crippen LogP contribution in [0.15, 0.2) is 90.8 Å². The van der Waals surface area contributed by atoms with Crippen molar-refractivity contribution in [2.75, 3.05) is 4.90 Å². The summed E-state index contributed by atoms with van der Waals surface area (Å²) in [6.07, 6.45) is 3.21. The predicted molar refractivity (Wildman–Crippen MR) is 129 cm³/mol. The SMILES string of the molecule is Cc1ccc(N2C(=O)C(=O)/C(=C(\O)c3cccc4ccccc34)C2c2cccnc2)cc1Cl. The molecule has 5 nitrogen and oxygen atoms in total. The monoisotopic (exact) mass is 454 g/mol. The molecule has 4 aromatic rings. The molecule has 33 heavy (non-hydrogen) atoms. The van der Waals surface area contributed by atoms with E-state index in [-0.39, 0.29) is 11.3 Å². The number of anilines is 1. The molecule has 1 aliphatic rings. The minimum atomic E-state index is -0.851. The second-order valence-corrected chi connectivity index (χ2v) is 8.32. The molecule has 0 aliphatic carbocycles. The third kappa shape index (κ3) is 3.47. The molecular formula is C27H19ClN2O3. The predicted octanol–water partition coefficient (Wildman–Crippen LogP) is 5.82. The molecule has 0 spiro atoms. The van der Waals surface area contributed by atoms with Crippen LogP contribution in [0.2, 0.25) is 5.02 Å². The molecule has 0 bridgehead atoms. The normalized spacial score (nSPS) is 17.6. The van der Waals surface area contributed by atoms with E-state index in [4.69, 9.17) is 11.6 Å². The number of carbonyl (C=O) groups excluding carboxylic acids is 2. The average molecular weight is 455 g/mol. The van der Waals surface area contributed by atoms with Crippen LogP contribution in [0.1, 0.15) is 22.7 Å². The number of benzene rings is 3. The van der Waals surface area contributed by atoms with Crippen molar-refractivity contribution in [2.24, 2.45) is 0 Å². The third-order valence-corrected chi connectivity index (χ3v) is 6.33. The Hall–Kier alpha value is -3.96. The molecule has 6 heteroatoms. The second kappa shape index (κ2) is 8.19. The molecule has 0 saturated carbocycles. The molecule has 5 rings (SSSR count). The fourth-order valence-corrected chi connectivity index (χ4v) is 4.44. The first-order valence-electron chi connectivity index (χ1n) is 10.4. The van der Waals surface area contributed by atoms with Crippen molar-refractivity contribution in [1.29, 1.82) is 0 Å². The molecular weight excluding hydrogens is 436 g/mol. The topological polar surface area (TPSA) is 70.5 Å². The quantitative estimate of drug-likeness (QED) is 0.240. The van der Waals surface area contributed by atoms with Crippen LogP contribution in [0.4, 0.5) is 5.69 Å². The van der Waals surface area contributed by atoms with Gasteiger partial charge in [0.2, 0.25) is 0 Å². The maximum absolute atomic E-state index is 13.3. The first kappa shape index (κ1) is 20.9. The van der Waals surface area contributed by atoms with Crippen molar-refractivity contribution in [2.45, 2.75) is 13.0 Å². The summed E-state index contributed by atoms with van der Waals surface area (Å²) in [6, 6.07) is 20.9. The van der Waals surface area contributed by atoms with E-state index in [1.165, 1.54) is 4.90 Å². The molecule has 1 amide bonds. The lowest BCUT2D eigenvalue weighted by Gasteiger charge is -2.25. The van der Waals surface area contributed by atoms with Crippen LogP contribution in [0.5, 0.6) is 0 Å². The van der Waals surface area contributed by atoms with Crippen LogP contribution >= 0.6 is 11.6 Å². The first-order chi connectivity index (χ1) is 16.0. The fourth-order valence-electron chi connectivity index (χ4n) is 4.26. The van der Waals surface area contributed by atoms with Crippen molar-refractivity contribution >= 4 is 45.5 Å². The third-order valence-electron chi connectivity index (χ3n) is 5.92. The summed E-state index contributed by atoms with van der Waals surface area (Å²) in [4.78, 5) is 32.1. The van der Waals surface area contributed by atoms with Gasteiger partial charge in [0, 0.05) is 28.7 Å². The lowest BCUT2D eigenvalue weighted by Crippen LogP contribution is -2.29. The summed E-state index contributed by atoms with van der Waals surface area (Å²) in [7, 11) is 0. The first-order valence-corrected chi connectivity index (χ1v) is 10.8. The summed E-state index contributed by atoms with van der Waals surface area (Å²) in [5.41, 5.74) is 2.43. The van der Waals surface area contributed by atoms with Gasteiger partial charge in [0.25, 0.3) is 11.7 Å². The molecule has 3 aromatic carbocycles. The van der Waals surface area contributed by atoms with Gasteiger partial charge in [-0.1, -0.05) is 66.2 Å². The van der Waals surface area contributed by atoms with Crippen molar-refractivity contribution in [3.05, 3.63) is 112 Å². The van der Waals surface area contributed by atoms with E-state index in [2.05, 4.69) is 4.98 Å². The number of hydrogen-bond acceptors (Lipinski definition) is 4. The number of aliphatic hydroxyl groups excluding tert-OH is 1. The molecule has 1 aromatic heterocycles. The van der Waals surface area contributed by atoms with E-state index in [1.54, 1.807) is 48.8 Å². The number of ketones is 1. The Kier molecular flexibility index (Phi) is 5.19. The number of rotatable bonds is 3. The van der Waals surface area contributed by atoms with Crippen molar-refractivity contribution in [1.82, 2.24) is 4.98 Å². The molecule has 2 heterocycles. The number of fused-ring (bicyclic) bond motifs is 1. The van der Waals surface area contributed by atoms with E-state index >= 15 is 0 Å². The molecule has 162 valence electrons. The minimum absolute atomic E-state index is 0.0149. The zero-order valence-electron chi connectivity index (χ0n) is 17.7. The highest BCUT2D eigenvalue weighted by Crippen LogP contribution is 2.43. The standard InChI is InChI=1S/C27H19ClN2O3/c1-16-11-12-19(14-22(16)28)30-24(18-8-5-13-29-15-18)23(26(32)27(30)33)25(31)21-10-4-7-17-6-2-3-9-20(17)21/h2-15,24,31H,1H3/b25-23-. The Bertz CT molecular complexity index is 1440. The largest absolute Gasteiger partial charge is 0.507 e. The lowest BCUT2D eigenvalue weighted by molar-refractivity contribution is -0.132. The van der Waals surface area contributed by atoms with Crippen LogP contribution in [0.3, 0.4) is 0 Å². The molecule has 0 radical (unpaired) electrons. The zero-order chi connectivity index (χ0) is 23.1. The van der Waals surface area contributed by atoms with Gasteiger partial charge in [0.15, 0.2) is 0 Å². The Labute approximate surface area is 195 Å². The number of carbonyl (C=O) groups is 2. The maximum atomic E-state index is 13.3. The van der Waals surface area contributed by atoms with Gasteiger partial charge in [-0.3, -0.25) is 19.5 Å². The molecule has 1 aliphatic heterocycles. The Morgan fingerprint density at radius 2 is 1.79 bits per heavy atom. The van der Waals surface area contributed by atoms with E-state index in [0.717, 1.165) is 16.3 Å². The van der Waals surface area contributed by atoms with Gasteiger partial charge in [0.05, 0.1) is 11.6 Å². The van der Waals surface area contributed by atoms with Gasteiger partial charge in [-0.15, -0.1) is 0 Å². The fraction of sp³-hybridized carbons (Fsp3) is 0.0741. The summed E-state index contributed by atoms with van der Waals surface area (Å²) >= 11 is 6.33. The molecule has 1 atom stereocenters. The lowest BCUT2D eigenvalue weighted by atomic mass is 9.94. The minimum Gasteiger partial charge on any atom is -0.507 e. The van der Waals surface area contributed by atoms with Gasteiger partial charge >= 0.3 is 0 Å². The van der Waals surface area contributed by atoms with Crippen LogP contribution < -0.4 is 4.90 Å². The van der Waals surface area contributed by atoms with Crippen LogP contribution in [0, 0.1) is 6.92 Å². The maximum Gasteiger partial charge on any atom is 0.300 e. The highest BCUT2D eigenvalue weighted by molar-refractivity contribution is 6.52. The second-order valence-electron chi connectivity index (χ2n) is 7.92. The molecule has 1 saturated heterocycles. The number of pyridine rings is 1. The number of nitrogens with zero attached hydrogens (tertiary/aromatic N) is 2. The average Bonchev–Trinajstić information content (AvgIpc) is 3.11. The number of Topliss-reactive ketones (excluding diaryl/α,β-unsaturated/α-hetero) is 1. The summed E-state index contributed by atoms with van der Waals surface area (Å²) in [6.45, 7) is 1.86.